The zero-order valence-corrected chi connectivity index (χ0v) is 16.4. The Morgan fingerprint density at radius 2 is 1.77 bits per heavy atom. The summed E-state index contributed by atoms with van der Waals surface area (Å²) in [6.07, 6.45) is 0.0312. The lowest BCUT2D eigenvalue weighted by molar-refractivity contribution is -0.120. The number of fused-ring (bicyclic) bond motifs is 1. The molecule has 0 fully saturated rings. The van der Waals surface area contributed by atoms with Crippen LogP contribution in [-0.2, 0) is 9.59 Å². The van der Waals surface area contributed by atoms with Gasteiger partial charge in [-0.15, -0.1) is 0 Å². The van der Waals surface area contributed by atoms with Gasteiger partial charge < -0.3 is 30.0 Å². The number of nitrogens with two attached hydrogens (primary N) is 1. The third-order valence-corrected chi connectivity index (χ3v) is 4.26. The van der Waals surface area contributed by atoms with Crippen molar-refractivity contribution in [3.63, 3.8) is 0 Å². The van der Waals surface area contributed by atoms with Gasteiger partial charge in [0.25, 0.3) is 5.91 Å². The number of benzene rings is 2. The number of carbonyl (C=O) groups excluding carboxylic acids is 3. The average Bonchev–Trinajstić information content (AvgIpc) is 2.75. The van der Waals surface area contributed by atoms with E-state index in [2.05, 4.69) is 5.32 Å². The number of amides is 2. The van der Waals surface area contributed by atoms with Gasteiger partial charge in [0.2, 0.25) is 5.91 Å². The van der Waals surface area contributed by atoms with E-state index in [0.29, 0.717) is 41.7 Å². The van der Waals surface area contributed by atoms with E-state index in [0.717, 1.165) is 0 Å². The zero-order valence-electron chi connectivity index (χ0n) is 16.4. The largest absolute Gasteiger partial charge is 0.493 e. The Balaban J connectivity index is 1.57. The molecule has 1 aliphatic heterocycles. The molecule has 2 amide bonds. The van der Waals surface area contributed by atoms with Crippen molar-refractivity contribution in [2.24, 2.45) is 5.73 Å². The van der Waals surface area contributed by atoms with Crippen molar-refractivity contribution < 1.29 is 33.3 Å². The predicted molar refractivity (Wildman–Crippen MR) is 107 cm³/mol. The molecule has 0 aromatic heterocycles. The van der Waals surface area contributed by atoms with Crippen LogP contribution < -0.4 is 30.0 Å². The molecule has 0 radical (unpaired) electrons. The zero-order chi connectivity index (χ0) is 21.5. The second-order valence-electron chi connectivity index (χ2n) is 6.45. The van der Waals surface area contributed by atoms with Crippen LogP contribution >= 0.6 is 0 Å². The molecule has 0 bridgehead atoms. The molecule has 2 aromatic carbocycles. The molecule has 1 aliphatic rings. The molecule has 1 heterocycles. The summed E-state index contributed by atoms with van der Waals surface area (Å²) >= 11 is 0. The van der Waals surface area contributed by atoms with Gasteiger partial charge in [-0.1, -0.05) is 0 Å². The summed E-state index contributed by atoms with van der Waals surface area (Å²) in [5.41, 5.74) is 5.98. The van der Waals surface area contributed by atoms with Gasteiger partial charge in [-0.2, -0.15) is 0 Å². The summed E-state index contributed by atoms with van der Waals surface area (Å²) in [5, 5.41) is 2.69. The van der Waals surface area contributed by atoms with Gasteiger partial charge in [0.05, 0.1) is 7.11 Å². The molecule has 9 heteroatoms. The van der Waals surface area contributed by atoms with Crippen LogP contribution in [0.3, 0.4) is 0 Å². The van der Waals surface area contributed by atoms with Gasteiger partial charge in [-0.25, -0.2) is 0 Å². The number of hydrogen-bond acceptors (Lipinski definition) is 7. The van der Waals surface area contributed by atoms with Crippen molar-refractivity contribution in [3.8, 4) is 23.0 Å². The Hall–Kier alpha value is -3.75. The maximum absolute atomic E-state index is 12.4. The summed E-state index contributed by atoms with van der Waals surface area (Å²) in [7, 11) is 1.45. The molecule has 9 nitrogen and oxygen atoms in total. The minimum atomic E-state index is -0.635. The molecular formula is C21H22N2O7. The number of Topliss-reactive ketones (excluding diaryl/α,β-unsaturated/α-hetero) is 1. The number of nitrogens with one attached hydrogen (secondary N) is 1. The first-order valence-corrected chi connectivity index (χ1v) is 9.28. The van der Waals surface area contributed by atoms with Gasteiger partial charge in [0.15, 0.2) is 35.4 Å². The Morgan fingerprint density at radius 1 is 1.00 bits per heavy atom. The normalized spacial score (nSPS) is 12.0. The number of ether oxygens (including phenoxy) is 4. The van der Waals surface area contributed by atoms with Crippen molar-refractivity contribution in [3.05, 3.63) is 42.0 Å². The van der Waals surface area contributed by atoms with E-state index >= 15 is 0 Å². The van der Waals surface area contributed by atoms with Crippen molar-refractivity contribution in [2.45, 2.75) is 12.8 Å². The Labute approximate surface area is 173 Å². The van der Waals surface area contributed by atoms with Crippen molar-refractivity contribution in [1.29, 1.82) is 0 Å². The maximum Gasteiger partial charge on any atom is 0.255 e. The Morgan fingerprint density at radius 3 is 2.50 bits per heavy atom. The number of ketones is 1. The monoisotopic (exact) mass is 414 g/mol. The quantitative estimate of drug-likeness (QED) is 0.601. The van der Waals surface area contributed by atoms with E-state index in [-0.39, 0.29) is 36.9 Å². The highest BCUT2D eigenvalue weighted by atomic mass is 16.6. The smallest absolute Gasteiger partial charge is 0.255 e. The highest BCUT2D eigenvalue weighted by molar-refractivity contribution is 6.00. The van der Waals surface area contributed by atoms with Gasteiger partial charge in [-0.05, 0) is 30.3 Å². The van der Waals surface area contributed by atoms with Crippen molar-refractivity contribution in [1.82, 2.24) is 0 Å². The summed E-state index contributed by atoms with van der Waals surface area (Å²) in [5.74, 6) is 0.630. The first kappa shape index (κ1) is 21.0. The molecule has 3 N–H and O–H groups in total. The molecule has 0 atom stereocenters. The van der Waals surface area contributed by atoms with E-state index in [1.54, 1.807) is 30.3 Å². The fourth-order valence-electron chi connectivity index (χ4n) is 2.83. The molecule has 0 unspecified atom stereocenters. The standard InChI is InChI=1S/C21H22N2O7/c1-27-16-6-3-14(11-19(16)30-12-20(22)25)23-21(26)7-4-15(24)13-2-5-17-18(10-13)29-9-8-28-17/h2-3,5-6,10-11H,4,7-9,12H2,1H3,(H2,22,25)(H,23,26). The summed E-state index contributed by atoms with van der Waals surface area (Å²) in [6.45, 7) is 0.582. The molecular weight excluding hydrogens is 392 g/mol. The fraction of sp³-hybridized carbons (Fsp3) is 0.286. The number of primary amides is 1. The van der Waals surface area contributed by atoms with Crippen molar-refractivity contribution in [2.75, 3.05) is 32.2 Å². The lowest BCUT2D eigenvalue weighted by Crippen LogP contribution is -2.20. The lowest BCUT2D eigenvalue weighted by atomic mass is 10.1. The van der Waals surface area contributed by atoms with E-state index in [1.807, 2.05) is 0 Å². The average molecular weight is 414 g/mol. The van der Waals surface area contributed by atoms with Crippen LogP contribution in [0.2, 0.25) is 0 Å². The number of rotatable bonds is 9. The number of anilines is 1. The second kappa shape index (κ2) is 9.64. The lowest BCUT2D eigenvalue weighted by Gasteiger charge is -2.18. The number of hydrogen-bond donors (Lipinski definition) is 2. The Bertz CT molecular complexity index is 958. The number of carbonyl (C=O) groups is 3. The van der Waals surface area contributed by atoms with E-state index in [9.17, 15) is 14.4 Å². The molecule has 158 valence electrons. The van der Waals surface area contributed by atoms with Crippen LogP contribution in [0.25, 0.3) is 0 Å². The third-order valence-electron chi connectivity index (χ3n) is 4.26. The minimum absolute atomic E-state index is 0.00319. The highest BCUT2D eigenvalue weighted by Crippen LogP contribution is 2.32. The fourth-order valence-corrected chi connectivity index (χ4v) is 2.83. The van der Waals surface area contributed by atoms with Crippen molar-refractivity contribution >= 4 is 23.3 Å². The van der Waals surface area contributed by atoms with E-state index in [1.165, 1.54) is 13.2 Å². The number of methoxy groups -OCH3 is 1. The molecule has 2 aromatic rings. The van der Waals surface area contributed by atoms with Crippen LogP contribution in [0, 0.1) is 0 Å². The minimum Gasteiger partial charge on any atom is -0.493 e. The summed E-state index contributed by atoms with van der Waals surface area (Å²) < 4.78 is 21.3. The molecule has 30 heavy (non-hydrogen) atoms. The molecule has 3 rings (SSSR count). The van der Waals surface area contributed by atoms with Crippen LogP contribution in [0.1, 0.15) is 23.2 Å². The van der Waals surface area contributed by atoms with Gasteiger partial charge >= 0.3 is 0 Å². The van der Waals surface area contributed by atoms with Crippen LogP contribution in [-0.4, -0.2) is 44.5 Å². The molecule has 0 saturated heterocycles. The first-order valence-electron chi connectivity index (χ1n) is 9.28. The van der Waals surface area contributed by atoms with Gasteiger partial charge in [-0.3, -0.25) is 14.4 Å². The molecule has 0 spiro atoms. The van der Waals surface area contributed by atoms with Gasteiger partial charge in [0, 0.05) is 30.2 Å². The van der Waals surface area contributed by atoms with Crippen LogP contribution in [0.4, 0.5) is 5.69 Å². The predicted octanol–water partition coefficient (Wildman–Crippen LogP) is 1.93. The second-order valence-corrected chi connectivity index (χ2v) is 6.45. The van der Waals surface area contributed by atoms with Crippen LogP contribution in [0.15, 0.2) is 36.4 Å². The maximum atomic E-state index is 12.4. The topological polar surface area (TPSA) is 126 Å². The van der Waals surface area contributed by atoms with Crippen LogP contribution in [0.5, 0.6) is 23.0 Å². The molecule has 0 saturated carbocycles. The Kier molecular flexibility index (Phi) is 6.74. The third kappa shape index (κ3) is 5.40. The van der Waals surface area contributed by atoms with E-state index < -0.39 is 5.91 Å². The SMILES string of the molecule is COc1ccc(NC(=O)CCC(=O)c2ccc3c(c2)OCCO3)cc1OCC(N)=O. The highest BCUT2D eigenvalue weighted by Gasteiger charge is 2.16. The summed E-state index contributed by atoms with van der Waals surface area (Å²) in [6, 6.07) is 9.69. The molecule has 0 aliphatic carbocycles. The van der Waals surface area contributed by atoms with E-state index in [4.69, 9.17) is 24.7 Å². The van der Waals surface area contributed by atoms with Gasteiger partial charge in [0.1, 0.15) is 13.2 Å². The first-order chi connectivity index (χ1) is 14.5. The summed E-state index contributed by atoms with van der Waals surface area (Å²) in [4.78, 5) is 35.6.